The Kier molecular flexibility index (Phi) is 22.5. The number of ether oxygens (including phenoxy) is 2. The lowest BCUT2D eigenvalue weighted by Gasteiger charge is -2.41. The number of hydrogen-bond acceptors (Lipinski definition) is 13. The summed E-state index contributed by atoms with van der Waals surface area (Å²) >= 11 is 1.01. The molecule has 3 aromatic rings. The normalized spacial score (nSPS) is 16.9. The van der Waals surface area contributed by atoms with Gasteiger partial charge < -0.3 is 45.2 Å². The first-order chi connectivity index (χ1) is 34.8. The smallest absolute Gasteiger partial charge is 0.326 e. The van der Waals surface area contributed by atoms with Crippen molar-refractivity contribution in [3.8, 4) is 0 Å². The predicted octanol–water partition coefficient (Wildman–Crippen LogP) is 5.10. The van der Waals surface area contributed by atoms with Gasteiger partial charge >= 0.3 is 5.97 Å². The van der Waals surface area contributed by atoms with E-state index in [4.69, 9.17) is 9.47 Å². The van der Waals surface area contributed by atoms with Gasteiger partial charge in [-0.1, -0.05) is 77.8 Å². The fourth-order valence-corrected chi connectivity index (χ4v) is 11.3. The molecule has 0 saturated carbocycles. The zero-order valence-electron chi connectivity index (χ0n) is 45.1. The third-order valence-corrected chi connectivity index (χ3v) is 17.1. The highest BCUT2D eigenvalue weighted by Gasteiger charge is 2.44. The lowest BCUT2D eigenvalue weighted by Crippen LogP contribution is -2.62. The summed E-state index contributed by atoms with van der Waals surface area (Å²) in [6.45, 7) is 13.3. The van der Waals surface area contributed by atoms with Crippen LogP contribution in [0.3, 0.4) is 0 Å². The van der Waals surface area contributed by atoms with Crippen LogP contribution in [-0.4, -0.2) is 164 Å². The molecule has 1 aliphatic heterocycles. The maximum Gasteiger partial charge on any atom is 0.326 e. The highest BCUT2D eigenvalue weighted by molar-refractivity contribution is 7.92. The van der Waals surface area contributed by atoms with E-state index < -0.39 is 75.5 Å². The number of benzene rings is 2. The number of likely N-dealkylation sites (tertiary alicyclic amines) is 1. The number of nitrogens with one attached hydrogen (secondary N) is 3. The minimum Gasteiger partial charge on any atom is -0.480 e. The van der Waals surface area contributed by atoms with Gasteiger partial charge in [-0.15, -0.1) is 11.3 Å². The van der Waals surface area contributed by atoms with Gasteiger partial charge in [-0.3, -0.25) is 28.8 Å². The maximum atomic E-state index is 14.6. The topological polar surface area (TPSA) is 251 Å². The molecular weight excluding hydrogens is 991 g/mol. The van der Waals surface area contributed by atoms with Crippen molar-refractivity contribution in [3.05, 3.63) is 59.7 Å². The van der Waals surface area contributed by atoms with Gasteiger partial charge in [0.05, 0.1) is 46.8 Å². The number of amides is 6. The third-order valence-electron chi connectivity index (χ3n) is 14.4. The number of methoxy groups -OCH3 is 2. The fourth-order valence-electron chi connectivity index (χ4n) is 9.43. The number of carbonyl (C=O) groups is 7. The molecule has 4 N–H and O–H groups in total. The number of hydrogen-bond donors (Lipinski definition) is 4. The maximum absolute atomic E-state index is 14.6. The molecule has 1 saturated heterocycles. The first-order valence-electron chi connectivity index (χ1n) is 25.4. The number of fused-ring (bicyclic) bond motifs is 1. The van der Waals surface area contributed by atoms with E-state index in [0.717, 1.165) is 23.2 Å². The summed E-state index contributed by atoms with van der Waals surface area (Å²) in [7, 11) is 2.69. The number of rotatable bonds is 28. The van der Waals surface area contributed by atoms with Crippen molar-refractivity contribution in [3.63, 3.8) is 0 Å². The van der Waals surface area contributed by atoms with E-state index >= 15 is 0 Å². The molecule has 0 spiro atoms. The van der Waals surface area contributed by atoms with Crippen molar-refractivity contribution < 1.29 is 56.6 Å². The summed E-state index contributed by atoms with van der Waals surface area (Å²) in [4.78, 5) is 104. The van der Waals surface area contributed by atoms with Gasteiger partial charge in [-0.2, -0.15) is 0 Å². The second kappa shape index (κ2) is 27.3. The molecular formula is C53H79N7O12S2. The summed E-state index contributed by atoms with van der Waals surface area (Å²) < 4.78 is 36.3. The molecule has 0 radical (unpaired) electrons. The second-order valence-electron chi connectivity index (χ2n) is 20.4. The van der Waals surface area contributed by atoms with Crippen molar-refractivity contribution >= 4 is 72.8 Å². The van der Waals surface area contributed by atoms with Gasteiger partial charge in [-0.25, -0.2) is 18.2 Å². The Bertz CT molecular complexity index is 2540. The minimum atomic E-state index is -3.47. The van der Waals surface area contributed by atoms with Gasteiger partial charge in [0.2, 0.25) is 43.7 Å². The quantitative estimate of drug-likeness (QED) is 0.0692. The van der Waals surface area contributed by atoms with E-state index in [0.29, 0.717) is 67.4 Å². The fraction of sp³-hybridized carbons (Fsp3) is 0.623. The molecule has 7 unspecified atom stereocenters. The van der Waals surface area contributed by atoms with Crippen molar-refractivity contribution in [1.82, 2.24) is 35.6 Å². The lowest BCUT2D eigenvalue weighted by atomic mass is 9.89. The average Bonchev–Trinajstić information content (AvgIpc) is 4.04. The van der Waals surface area contributed by atoms with E-state index in [2.05, 4.69) is 20.9 Å². The summed E-state index contributed by atoms with van der Waals surface area (Å²) in [5, 5.41) is 18.4. The summed E-state index contributed by atoms with van der Waals surface area (Å²) in [6.07, 6.45) is 3.30. The molecule has 2 heterocycles. The molecule has 2 aromatic carbocycles. The van der Waals surface area contributed by atoms with E-state index in [1.165, 1.54) is 19.1 Å². The van der Waals surface area contributed by atoms with Crippen LogP contribution in [0.1, 0.15) is 116 Å². The Morgan fingerprint density at radius 2 is 1.62 bits per heavy atom. The van der Waals surface area contributed by atoms with Crippen molar-refractivity contribution in [2.45, 2.75) is 153 Å². The van der Waals surface area contributed by atoms with Crippen LogP contribution in [0.5, 0.6) is 0 Å². The van der Waals surface area contributed by atoms with Crippen LogP contribution in [0.2, 0.25) is 0 Å². The number of carboxylic acid groups (broad SMARTS) is 1. The number of carbonyl (C=O) groups excluding carboxylic acids is 6. The number of carboxylic acids is 1. The van der Waals surface area contributed by atoms with Crippen LogP contribution in [0.4, 0.5) is 0 Å². The highest BCUT2D eigenvalue weighted by Crippen LogP contribution is 2.31. The van der Waals surface area contributed by atoms with Crippen LogP contribution in [0.15, 0.2) is 52.9 Å². The lowest BCUT2D eigenvalue weighted by molar-refractivity contribution is -0.150. The Balaban J connectivity index is 1.34. The van der Waals surface area contributed by atoms with Crippen LogP contribution < -0.4 is 16.0 Å². The van der Waals surface area contributed by atoms with Gasteiger partial charge in [0.25, 0.3) is 5.91 Å². The Labute approximate surface area is 440 Å². The molecule has 4 rings (SSSR count). The number of aromatic nitrogens is 1. The summed E-state index contributed by atoms with van der Waals surface area (Å²) in [5.41, 5.74) is 0.286. The standard InChI is InChI=1S/C53H79N7O12S2/c1-13-33(4)45(40(71-10)31-43(62)60-28-20-23-39(60)46(72-11)34(5)47(63)55-38(50(66)67)29-35-21-16-14-17-22-35)58(8)49(65)44(32(2)3)57-51(68)53(6,7)59(9)42(61)24-18-15-19-27-54-48(64)36-25-26-37-41(30-36)73-52(56-37)74(12,69)70/h14,16-17,21-22,25-26,30,32-34,38-40,44-46H,13,15,18-20,23-24,27-29,31H2,1-12H3,(H,54,64)(H,55,63)(H,57,68)(H,66,67)/t33?,34?,38?,39-,40?,44?,45?,46?/m0/s1. The zero-order valence-corrected chi connectivity index (χ0v) is 46.8. The molecule has 1 aliphatic rings. The van der Waals surface area contributed by atoms with Crippen LogP contribution in [0.25, 0.3) is 10.2 Å². The van der Waals surface area contributed by atoms with Gasteiger partial charge in [0.1, 0.15) is 17.6 Å². The van der Waals surface area contributed by atoms with Gasteiger partial charge in [0, 0.05) is 66.1 Å². The Morgan fingerprint density at radius 1 is 0.946 bits per heavy atom. The van der Waals surface area contributed by atoms with Crippen LogP contribution >= 0.6 is 11.3 Å². The second-order valence-corrected chi connectivity index (χ2v) is 23.6. The number of unbranched alkanes of at least 4 members (excludes halogenated alkanes) is 2. The molecule has 410 valence electrons. The summed E-state index contributed by atoms with van der Waals surface area (Å²) in [6, 6.07) is 10.6. The first kappa shape index (κ1) is 61.0. The first-order valence-corrected chi connectivity index (χ1v) is 28.1. The van der Waals surface area contributed by atoms with Crippen LogP contribution in [0, 0.1) is 17.8 Å². The minimum absolute atomic E-state index is 0.0114. The van der Waals surface area contributed by atoms with E-state index in [1.54, 1.807) is 87.1 Å². The van der Waals surface area contributed by atoms with Crippen molar-refractivity contribution in [2.75, 3.05) is 47.7 Å². The summed E-state index contributed by atoms with van der Waals surface area (Å²) in [5.74, 6) is -4.74. The number of sulfone groups is 1. The molecule has 0 aliphatic carbocycles. The molecule has 74 heavy (non-hydrogen) atoms. The molecule has 0 bridgehead atoms. The van der Waals surface area contributed by atoms with Gasteiger partial charge in [0.15, 0.2) is 0 Å². The monoisotopic (exact) mass is 1070 g/mol. The predicted molar refractivity (Wildman–Crippen MR) is 283 cm³/mol. The van der Waals surface area contributed by atoms with Crippen LogP contribution in [-0.2, 0) is 54.5 Å². The number of likely N-dealkylation sites (N-methyl/N-ethyl adjacent to an activating group) is 2. The van der Waals surface area contributed by atoms with E-state index in [-0.39, 0.29) is 59.1 Å². The van der Waals surface area contributed by atoms with E-state index in [1.807, 2.05) is 33.8 Å². The zero-order chi connectivity index (χ0) is 55.2. The van der Waals surface area contributed by atoms with Gasteiger partial charge in [-0.05, 0) is 75.1 Å². The number of nitrogens with zero attached hydrogens (tertiary/aromatic N) is 4. The Hall–Kier alpha value is -5.51. The SMILES string of the molecule is CCC(C)C(C(CC(=O)N1CCC[C@H]1C(OC)C(C)C(=O)NC(Cc1ccccc1)C(=O)O)OC)N(C)C(=O)C(NC(=O)C(C)(C)N(C)C(=O)CCCCCNC(=O)c1ccc2nc(S(C)(=O)=O)sc2c1)C(C)C. The highest BCUT2D eigenvalue weighted by atomic mass is 32.2. The molecule has 1 aromatic heterocycles. The van der Waals surface area contributed by atoms with E-state index in [9.17, 15) is 47.1 Å². The molecule has 8 atom stereocenters. The molecule has 1 fully saturated rings. The number of aliphatic carboxylic acids is 1. The molecule has 6 amide bonds. The third kappa shape index (κ3) is 15.8. The molecule has 21 heteroatoms. The Morgan fingerprint density at radius 3 is 2.22 bits per heavy atom. The largest absolute Gasteiger partial charge is 0.480 e. The van der Waals surface area contributed by atoms with Crippen molar-refractivity contribution in [1.29, 1.82) is 0 Å². The number of thiazole rings is 1. The van der Waals surface area contributed by atoms with Crippen molar-refractivity contribution in [2.24, 2.45) is 17.8 Å². The molecule has 19 nitrogen and oxygen atoms in total. The average molecular weight is 1070 g/mol.